The summed E-state index contributed by atoms with van der Waals surface area (Å²) in [4.78, 5) is 22.3. The molecule has 0 radical (unpaired) electrons. The molecule has 0 saturated carbocycles. The lowest BCUT2D eigenvalue weighted by molar-refractivity contribution is 0.0860. The Balaban J connectivity index is 1.65. The summed E-state index contributed by atoms with van der Waals surface area (Å²) >= 11 is 0. The maximum Gasteiger partial charge on any atom is 0.254 e. The summed E-state index contributed by atoms with van der Waals surface area (Å²) < 4.78 is 12.9. The first-order chi connectivity index (χ1) is 14.8. The number of aromatic nitrogens is 3. The number of ether oxygens (including phenoxy) is 2. The number of nitrogens with one attached hydrogen (secondary N) is 1. The quantitative estimate of drug-likeness (QED) is 0.553. The van der Waals surface area contributed by atoms with Crippen LogP contribution in [0.3, 0.4) is 0 Å². The molecule has 30 heavy (non-hydrogen) atoms. The maximum atomic E-state index is 13.3. The number of benzene rings is 1. The average molecular weight is 402 g/mol. The Labute approximate surface area is 173 Å². The van der Waals surface area contributed by atoms with Crippen LogP contribution in [0.4, 0.5) is 0 Å². The molecule has 1 aliphatic rings. The van der Waals surface area contributed by atoms with Crippen molar-refractivity contribution in [1.29, 1.82) is 0 Å². The summed E-state index contributed by atoms with van der Waals surface area (Å²) in [6.07, 6.45) is 5.53. The number of hydrogen-bond donors (Lipinski definition) is 1. The van der Waals surface area contributed by atoms with Gasteiger partial charge in [0.05, 0.1) is 35.4 Å². The van der Waals surface area contributed by atoms with Gasteiger partial charge in [-0.1, -0.05) is 6.07 Å². The zero-order chi connectivity index (χ0) is 20.5. The lowest BCUT2D eigenvalue weighted by atomic mass is 10.0. The fourth-order valence-corrected chi connectivity index (χ4v) is 4.05. The number of rotatable bonds is 5. The van der Waals surface area contributed by atoms with Crippen molar-refractivity contribution in [2.75, 3.05) is 20.3 Å². The lowest BCUT2D eigenvalue weighted by Crippen LogP contribution is -2.31. The van der Waals surface area contributed by atoms with E-state index in [1.807, 2.05) is 53.1 Å². The van der Waals surface area contributed by atoms with Crippen molar-refractivity contribution in [1.82, 2.24) is 19.7 Å². The Bertz CT molecular complexity index is 1210. The first-order valence-electron chi connectivity index (χ1n) is 10.0. The van der Waals surface area contributed by atoms with Crippen LogP contribution in [0.15, 0.2) is 55.0 Å². The fourth-order valence-electron chi connectivity index (χ4n) is 4.05. The predicted octanol–water partition coefficient (Wildman–Crippen LogP) is 3.47. The molecule has 1 atom stereocenters. The van der Waals surface area contributed by atoms with Gasteiger partial charge in [0.15, 0.2) is 0 Å². The Kier molecular flexibility index (Phi) is 4.80. The van der Waals surface area contributed by atoms with Crippen LogP contribution in [0.1, 0.15) is 23.2 Å². The minimum absolute atomic E-state index is 0.0754. The van der Waals surface area contributed by atoms with Crippen LogP contribution in [-0.2, 0) is 4.74 Å². The number of carbonyl (C=O) groups excluding carboxylic acids is 1. The van der Waals surface area contributed by atoms with Crippen molar-refractivity contribution in [3.63, 3.8) is 0 Å². The van der Waals surface area contributed by atoms with Crippen molar-refractivity contribution in [3.05, 3.63) is 60.6 Å². The predicted molar refractivity (Wildman–Crippen MR) is 114 cm³/mol. The number of fused-ring (bicyclic) bond motifs is 3. The van der Waals surface area contributed by atoms with Gasteiger partial charge in [0.1, 0.15) is 17.7 Å². The highest BCUT2D eigenvalue weighted by atomic mass is 16.5. The van der Waals surface area contributed by atoms with E-state index in [9.17, 15) is 4.79 Å². The zero-order valence-corrected chi connectivity index (χ0v) is 16.7. The van der Waals surface area contributed by atoms with E-state index in [1.165, 1.54) is 6.33 Å². The molecule has 152 valence electrons. The molecule has 7 nitrogen and oxygen atoms in total. The molecule has 0 bridgehead atoms. The van der Waals surface area contributed by atoms with Crippen LogP contribution >= 0.6 is 0 Å². The maximum absolute atomic E-state index is 13.3. The highest BCUT2D eigenvalue weighted by molar-refractivity contribution is 6.16. The van der Waals surface area contributed by atoms with Gasteiger partial charge in [-0.05, 0) is 49.2 Å². The monoisotopic (exact) mass is 402 g/mol. The molecule has 1 aromatic carbocycles. The number of methoxy groups -OCH3 is 1. The van der Waals surface area contributed by atoms with Gasteiger partial charge < -0.3 is 19.2 Å². The minimum atomic E-state index is -0.145. The molecule has 0 spiro atoms. The van der Waals surface area contributed by atoms with Crippen LogP contribution in [0.5, 0.6) is 5.75 Å². The standard InChI is InChI=1S/C23H22N4O3/c1-29-16-9-7-15(8-10-16)21-20-19(23(28)24-13-17-5-4-12-30-17)18-6-2-3-11-27(18)22(20)26-14-25-21/h2-3,6-11,14,17H,4-5,12-13H2,1H3,(H,24,28). The molecule has 0 aliphatic carbocycles. The van der Waals surface area contributed by atoms with Gasteiger partial charge in [-0.15, -0.1) is 0 Å². The third kappa shape index (κ3) is 3.17. The molecule has 3 aromatic heterocycles. The first kappa shape index (κ1) is 18.6. The van der Waals surface area contributed by atoms with Gasteiger partial charge in [0.2, 0.25) is 0 Å². The van der Waals surface area contributed by atoms with E-state index >= 15 is 0 Å². The second-order valence-corrected chi connectivity index (χ2v) is 7.33. The molecule has 5 rings (SSSR count). The molecule has 1 saturated heterocycles. The Morgan fingerprint density at radius 2 is 2.10 bits per heavy atom. The summed E-state index contributed by atoms with van der Waals surface area (Å²) in [7, 11) is 1.63. The molecule has 7 heteroatoms. The summed E-state index contributed by atoms with van der Waals surface area (Å²) in [6.45, 7) is 1.25. The molecule has 1 unspecified atom stereocenters. The third-order valence-corrected chi connectivity index (χ3v) is 5.53. The van der Waals surface area contributed by atoms with Crippen molar-refractivity contribution in [3.8, 4) is 17.0 Å². The van der Waals surface area contributed by atoms with Gasteiger partial charge in [-0.2, -0.15) is 0 Å². The summed E-state index contributed by atoms with van der Waals surface area (Å²) in [5.74, 6) is 0.620. The van der Waals surface area contributed by atoms with Crippen molar-refractivity contribution < 1.29 is 14.3 Å². The first-order valence-corrected chi connectivity index (χ1v) is 10.0. The summed E-state index contributed by atoms with van der Waals surface area (Å²) in [5, 5.41) is 3.79. The van der Waals surface area contributed by atoms with E-state index in [-0.39, 0.29) is 12.0 Å². The van der Waals surface area contributed by atoms with Gasteiger partial charge in [0.25, 0.3) is 5.91 Å². The van der Waals surface area contributed by atoms with Crippen LogP contribution in [0.2, 0.25) is 0 Å². The second kappa shape index (κ2) is 7.76. The van der Waals surface area contributed by atoms with Gasteiger partial charge in [0, 0.05) is 24.9 Å². The van der Waals surface area contributed by atoms with Crippen LogP contribution < -0.4 is 10.1 Å². The van der Waals surface area contributed by atoms with E-state index in [2.05, 4.69) is 15.3 Å². The SMILES string of the molecule is COc1ccc(-c2ncnc3c2c(C(=O)NCC2CCCO2)c2ccccn23)cc1. The van der Waals surface area contributed by atoms with Crippen LogP contribution in [0.25, 0.3) is 27.8 Å². The topological polar surface area (TPSA) is 77.8 Å². The molecule has 4 aromatic rings. The Hall–Kier alpha value is -3.45. The molecule has 1 fully saturated rings. The Morgan fingerprint density at radius 1 is 1.23 bits per heavy atom. The molecule has 1 aliphatic heterocycles. The fraction of sp³-hybridized carbons (Fsp3) is 0.261. The third-order valence-electron chi connectivity index (χ3n) is 5.53. The van der Waals surface area contributed by atoms with Crippen LogP contribution in [0, 0.1) is 0 Å². The van der Waals surface area contributed by atoms with Crippen LogP contribution in [-0.4, -0.2) is 46.6 Å². The number of hydrogen-bond acceptors (Lipinski definition) is 5. The molecule has 1 N–H and O–H groups in total. The molecule has 4 heterocycles. The summed E-state index contributed by atoms with van der Waals surface area (Å²) in [5.41, 5.74) is 3.69. The van der Waals surface area contributed by atoms with E-state index in [1.54, 1.807) is 7.11 Å². The van der Waals surface area contributed by atoms with E-state index in [0.29, 0.717) is 23.4 Å². The average Bonchev–Trinajstić information content (AvgIpc) is 3.43. The van der Waals surface area contributed by atoms with Crippen molar-refractivity contribution >= 4 is 22.5 Å². The Morgan fingerprint density at radius 3 is 2.87 bits per heavy atom. The summed E-state index contributed by atoms with van der Waals surface area (Å²) in [6, 6.07) is 13.4. The van der Waals surface area contributed by atoms with Crippen molar-refractivity contribution in [2.45, 2.75) is 18.9 Å². The normalized spacial score (nSPS) is 16.2. The van der Waals surface area contributed by atoms with E-state index < -0.39 is 0 Å². The van der Waals surface area contributed by atoms with Gasteiger partial charge in [-0.3, -0.25) is 4.79 Å². The molecular weight excluding hydrogens is 380 g/mol. The highest BCUT2D eigenvalue weighted by Gasteiger charge is 2.24. The van der Waals surface area contributed by atoms with Gasteiger partial charge >= 0.3 is 0 Å². The van der Waals surface area contributed by atoms with E-state index in [4.69, 9.17) is 9.47 Å². The number of nitrogens with zero attached hydrogens (tertiary/aromatic N) is 3. The van der Waals surface area contributed by atoms with Crippen molar-refractivity contribution in [2.24, 2.45) is 0 Å². The highest BCUT2D eigenvalue weighted by Crippen LogP contribution is 2.33. The second-order valence-electron chi connectivity index (χ2n) is 7.33. The molecule has 1 amide bonds. The number of amides is 1. The lowest BCUT2D eigenvalue weighted by Gasteiger charge is -2.11. The smallest absolute Gasteiger partial charge is 0.254 e. The van der Waals surface area contributed by atoms with Gasteiger partial charge in [-0.25, -0.2) is 9.97 Å². The largest absolute Gasteiger partial charge is 0.497 e. The zero-order valence-electron chi connectivity index (χ0n) is 16.7. The number of carbonyl (C=O) groups is 1. The molecular formula is C23H22N4O3. The number of pyridine rings is 1. The minimum Gasteiger partial charge on any atom is -0.497 e. The van der Waals surface area contributed by atoms with E-state index in [0.717, 1.165) is 41.7 Å².